The van der Waals surface area contributed by atoms with E-state index < -0.39 is 12.1 Å². The maximum atomic E-state index is 12.0. The molecule has 0 aliphatic rings. The molecule has 0 aliphatic heterocycles. The molecule has 0 spiro atoms. The van der Waals surface area contributed by atoms with E-state index in [4.69, 9.17) is 18.9 Å². The number of amides is 1. The van der Waals surface area contributed by atoms with Gasteiger partial charge in [0.15, 0.2) is 5.75 Å². The Balaban J connectivity index is 2.29. The second-order valence-corrected chi connectivity index (χ2v) is 7.70. The van der Waals surface area contributed by atoms with E-state index >= 15 is 0 Å². The zero-order valence-corrected chi connectivity index (χ0v) is 20.0. The van der Waals surface area contributed by atoms with Gasteiger partial charge in [0, 0.05) is 12.8 Å². The second-order valence-electron chi connectivity index (χ2n) is 7.70. The molecule has 8 heteroatoms. The van der Waals surface area contributed by atoms with Crippen molar-refractivity contribution in [1.82, 2.24) is 10.3 Å². The van der Waals surface area contributed by atoms with Crippen LogP contribution < -0.4 is 14.8 Å². The molecule has 1 heterocycles. The van der Waals surface area contributed by atoms with Gasteiger partial charge in [0.25, 0.3) is 5.88 Å². The normalized spacial score (nSPS) is 10.6. The number of carbonyl (C=O) groups excluding carboxylic acids is 2. The molecule has 0 bridgehead atoms. The van der Waals surface area contributed by atoms with Crippen LogP contribution in [0.3, 0.4) is 0 Å². The maximum Gasteiger partial charge on any atom is 0.414 e. The van der Waals surface area contributed by atoms with E-state index in [1.807, 2.05) is 0 Å². The molecule has 1 rings (SSSR count). The molecule has 0 radical (unpaired) electrons. The third kappa shape index (κ3) is 13.1. The van der Waals surface area contributed by atoms with Crippen LogP contribution in [0.5, 0.6) is 11.6 Å². The number of nitrogens with one attached hydrogen (secondary N) is 1. The standard InChI is InChI=1S/C24H40N2O6/c1-4-6-8-10-11-13-15-31-22(27)18-26-24(28)32-23-21(29-3)16-20(17-25-23)19-30-14-12-9-7-5-2/h16-17H,4-15,18-19H2,1-3H3,(H,26,28). The molecular formula is C24H40N2O6. The third-order valence-electron chi connectivity index (χ3n) is 4.83. The molecule has 32 heavy (non-hydrogen) atoms. The molecule has 1 aromatic rings. The summed E-state index contributed by atoms with van der Waals surface area (Å²) < 4.78 is 21.2. The van der Waals surface area contributed by atoms with E-state index in [1.54, 1.807) is 12.3 Å². The Morgan fingerprint density at radius 1 is 0.938 bits per heavy atom. The topological polar surface area (TPSA) is 96.0 Å². The van der Waals surface area contributed by atoms with Crippen LogP contribution in [0.25, 0.3) is 0 Å². The highest BCUT2D eigenvalue weighted by atomic mass is 16.6. The number of aromatic nitrogens is 1. The molecule has 0 aromatic carbocycles. The van der Waals surface area contributed by atoms with Gasteiger partial charge in [0.05, 0.1) is 20.3 Å². The highest BCUT2D eigenvalue weighted by Gasteiger charge is 2.14. The summed E-state index contributed by atoms with van der Waals surface area (Å²) in [6.45, 7) is 5.54. The van der Waals surface area contributed by atoms with Crippen LogP contribution in [0.4, 0.5) is 4.79 Å². The van der Waals surface area contributed by atoms with E-state index in [9.17, 15) is 9.59 Å². The number of hydrogen-bond donors (Lipinski definition) is 1. The maximum absolute atomic E-state index is 12.0. The van der Waals surface area contributed by atoms with Gasteiger partial charge < -0.3 is 24.3 Å². The zero-order valence-electron chi connectivity index (χ0n) is 20.0. The fourth-order valence-corrected chi connectivity index (χ4v) is 2.98. The molecule has 0 aliphatic carbocycles. The first-order valence-electron chi connectivity index (χ1n) is 11.8. The van der Waals surface area contributed by atoms with Crippen molar-refractivity contribution in [2.24, 2.45) is 0 Å². The van der Waals surface area contributed by atoms with Crippen molar-refractivity contribution in [3.63, 3.8) is 0 Å². The first kappa shape index (κ1) is 27.7. The molecule has 182 valence electrons. The highest BCUT2D eigenvalue weighted by Crippen LogP contribution is 2.25. The van der Waals surface area contributed by atoms with Crippen LogP contribution in [-0.2, 0) is 20.9 Å². The summed E-state index contributed by atoms with van der Waals surface area (Å²) in [4.78, 5) is 27.9. The summed E-state index contributed by atoms with van der Waals surface area (Å²) in [5, 5.41) is 2.37. The third-order valence-corrected chi connectivity index (χ3v) is 4.83. The Hall–Kier alpha value is -2.35. The number of nitrogens with zero attached hydrogens (tertiary/aromatic N) is 1. The molecule has 0 fully saturated rings. The predicted octanol–water partition coefficient (Wildman–Crippen LogP) is 5.18. The van der Waals surface area contributed by atoms with Gasteiger partial charge in [-0.3, -0.25) is 4.79 Å². The first-order chi connectivity index (χ1) is 15.6. The number of carbonyl (C=O) groups is 2. The van der Waals surface area contributed by atoms with Crippen molar-refractivity contribution < 1.29 is 28.5 Å². The minimum Gasteiger partial charge on any atom is -0.491 e. The van der Waals surface area contributed by atoms with Gasteiger partial charge >= 0.3 is 12.1 Å². The predicted molar refractivity (Wildman–Crippen MR) is 123 cm³/mol. The van der Waals surface area contributed by atoms with Gasteiger partial charge in [-0.05, 0) is 24.5 Å². The summed E-state index contributed by atoms with van der Waals surface area (Å²) >= 11 is 0. The number of pyridine rings is 1. The quantitative estimate of drug-likeness (QED) is 0.242. The van der Waals surface area contributed by atoms with Gasteiger partial charge in [-0.2, -0.15) is 0 Å². The average Bonchev–Trinajstić information content (AvgIpc) is 2.80. The van der Waals surface area contributed by atoms with Crippen molar-refractivity contribution in [2.75, 3.05) is 26.9 Å². The summed E-state index contributed by atoms with van der Waals surface area (Å²) in [5.74, 6) is -0.156. The molecule has 0 saturated carbocycles. The van der Waals surface area contributed by atoms with Gasteiger partial charge in [-0.15, -0.1) is 0 Å². The lowest BCUT2D eigenvalue weighted by Gasteiger charge is -2.11. The van der Waals surface area contributed by atoms with Crippen LogP contribution >= 0.6 is 0 Å². The van der Waals surface area contributed by atoms with Crippen LogP contribution in [0.2, 0.25) is 0 Å². The second kappa shape index (κ2) is 18.2. The van der Waals surface area contributed by atoms with E-state index in [0.717, 1.165) is 37.7 Å². The first-order valence-corrected chi connectivity index (χ1v) is 11.8. The molecule has 0 saturated heterocycles. The van der Waals surface area contributed by atoms with Gasteiger partial charge in [0.1, 0.15) is 6.54 Å². The van der Waals surface area contributed by atoms with Crippen molar-refractivity contribution >= 4 is 12.1 Å². The number of ether oxygens (including phenoxy) is 4. The fourth-order valence-electron chi connectivity index (χ4n) is 2.98. The van der Waals surface area contributed by atoms with E-state index in [2.05, 4.69) is 24.1 Å². The molecule has 0 unspecified atom stereocenters. The molecule has 1 aromatic heterocycles. The number of rotatable bonds is 18. The Morgan fingerprint density at radius 2 is 1.59 bits per heavy atom. The number of hydrogen-bond acceptors (Lipinski definition) is 7. The van der Waals surface area contributed by atoms with E-state index in [1.165, 1.54) is 39.2 Å². The minimum absolute atomic E-state index is 0.0251. The van der Waals surface area contributed by atoms with Crippen LogP contribution in [0.15, 0.2) is 12.3 Å². The fraction of sp³-hybridized carbons (Fsp3) is 0.708. The summed E-state index contributed by atoms with van der Waals surface area (Å²) in [7, 11) is 1.47. The summed E-state index contributed by atoms with van der Waals surface area (Å²) in [6, 6.07) is 1.72. The summed E-state index contributed by atoms with van der Waals surface area (Å²) in [6.07, 6.45) is 12.0. The lowest BCUT2D eigenvalue weighted by atomic mass is 10.1. The van der Waals surface area contributed by atoms with Crippen LogP contribution in [0, 0.1) is 0 Å². The van der Waals surface area contributed by atoms with Gasteiger partial charge in [-0.1, -0.05) is 65.2 Å². The van der Waals surface area contributed by atoms with Crippen molar-refractivity contribution in [1.29, 1.82) is 0 Å². The van der Waals surface area contributed by atoms with Crippen molar-refractivity contribution in [3.05, 3.63) is 17.8 Å². The Morgan fingerprint density at radius 3 is 2.31 bits per heavy atom. The average molecular weight is 453 g/mol. The molecule has 1 N–H and O–H groups in total. The van der Waals surface area contributed by atoms with Crippen molar-refractivity contribution in [3.8, 4) is 11.6 Å². The van der Waals surface area contributed by atoms with Crippen LogP contribution in [0.1, 0.15) is 83.6 Å². The monoisotopic (exact) mass is 452 g/mol. The smallest absolute Gasteiger partial charge is 0.414 e. The SMILES string of the molecule is CCCCCCCCOC(=O)CNC(=O)Oc1ncc(COCCCCCC)cc1OC. The summed E-state index contributed by atoms with van der Waals surface area (Å²) in [5.41, 5.74) is 0.823. The van der Waals surface area contributed by atoms with Gasteiger partial charge in [0.2, 0.25) is 0 Å². The molecular weight excluding hydrogens is 412 g/mol. The Labute approximate surface area is 192 Å². The van der Waals surface area contributed by atoms with Gasteiger partial charge in [-0.25, -0.2) is 9.78 Å². The number of esters is 1. The lowest BCUT2D eigenvalue weighted by Crippen LogP contribution is -2.33. The van der Waals surface area contributed by atoms with Crippen molar-refractivity contribution in [2.45, 2.75) is 84.7 Å². The number of methoxy groups -OCH3 is 1. The Kier molecular flexibility index (Phi) is 15.8. The Bertz CT molecular complexity index is 653. The van der Waals surface area contributed by atoms with E-state index in [-0.39, 0.29) is 12.4 Å². The van der Waals surface area contributed by atoms with E-state index in [0.29, 0.717) is 25.6 Å². The number of unbranched alkanes of at least 4 members (excludes halogenated alkanes) is 8. The minimum atomic E-state index is -0.799. The lowest BCUT2D eigenvalue weighted by molar-refractivity contribution is -0.142. The van der Waals surface area contributed by atoms with Crippen LogP contribution in [-0.4, -0.2) is 43.9 Å². The highest BCUT2D eigenvalue weighted by molar-refractivity contribution is 5.79. The largest absolute Gasteiger partial charge is 0.491 e. The molecule has 0 atom stereocenters. The molecule has 8 nitrogen and oxygen atoms in total. The molecule has 1 amide bonds. The zero-order chi connectivity index (χ0) is 23.4.